The molecule has 0 spiro atoms. The first-order valence-electron chi connectivity index (χ1n) is 8.51. The summed E-state index contributed by atoms with van der Waals surface area (Å²) in [5.41, 5.74) is 0. The summed E-state index contributed by atoms with van der Waals surface area (Å²) >= 11 is 0. The number of unbranched alkanes of at least 4 members (excludes halogenated alkanes) is 3. The lowest BCUT2D eigenvalue weighted by atomic mass is 9.89. The zero-order valence-electron chi connectivity index (χ0n) is 15.3. The van der Waals surface area contributed by atoms with Crippen molar-refractivity contribution in [3.63, 3.8) is 0 Å². The maximum absolute atomic E-state index is 13.6. The second kappa shape index (κ2) is 9.51. The average molecular weight is 457 g/mol. The van der Waals surface area contributed by atoms with E-state index in [9.17, 15) is 52.7 Å². The highest BCUT2D eigenvalue weighted by atomic mass is 19.4. The molecule has 0 saturated carbocycles. The van der Waals surface area contributed by atoms with Gasteiger partial charge in [0.1, 0.15) is 6.61 Å². The smallest absolute Gasteiger partial charge is 0.375 e. The summed E-state index contributed by atoms with van der Waals surface area (Å²) in [4.78, 5) is 0. The van der Waals surface area contributed by atoms with Crippen molar-refractivity contribution in [3.8, 4) is 0 Å². The Labute approximate surface area is 159 Å². The Hall–Kier alpha value is -0.880. The predicted octanol–water partition coefficient (Wildman–Crippen LogP) is 7.01. The molecule has 0 rings (SSSR count). The van der Waals surface area contributed by atoms with Gasteiger partial charge in [0.25, 0.3) is 0 Å². The van der Waals surface area contributed by atoms with Gasteiger partial charge in [0.2, 0.25) is 0 Å². The minimum absolute atomic E-state index is 0.151. The topological polar surface area (TPSA) is 9.23 Å². The van der Waals surface area contributed by atoms with E-state index < -0.39 is 61.6 Å². The minimum atomic E-state index is -7.53. The number of hydrogen-bond acceptors (Lipinski definition) is 1. The van der Waals surface area contributed by atoms with E-state index in [1.807, 2.05) is 0 Å². The summed E-state index contributed by atoms with van der Waals surface area (Å²) in [7, 11) is 0. The Morgan fingerprint density at radius 2 is 1.07 bits per heavy atom. The Kier molecular flexibility index (Phi) is 9.22. The quantitative estimate of drug-likeness (QED) is 0.201. The van der Waals surface area contributed by atoms with E-state index in [1.54, 1.807) is 6.92 Å². The molecule has 0 aliphatic rings. The van der Waals surface area contributed by atoms with Crippen LogP contribution in [-0.2, 0) is 4.74 Å². The van der Waals surface area contributed by atoms with Crippen molar-refractivity contribution >= 4 is 0 Å². The average Bonchev–Trinajstić information content (AvgIpc) is 2.58. The van der Waals surface area contributed by atoms with Crippen LogP contribution in [0.3, 0.4) is 0 Å². The van der Waals surface area contributed by atoms with Crippen LogP contribution in [-0.4, -0.2) is 48.7 Å². The molecule has 0 aromatic heterocycles. The van der Waals surface area contributed by atoms with Crippen LogP contribution in [0, 0.1) is 6.92 Å². The fraction of sp³-hybridized carbons (Fsp3) is 0.938. The molecule has 0 bridgehead atoms. The zero-order chi connectivity index (χ0) is 23.4. The van der Waals surface area contributed by atoms with Crippen molar-refractivity contribution < 1.29 is 57.4 Å². The summed E-state index contributed by atoms with van der Waals surface area (Å²) in [6.07, 6.45) is -2.62. The van der Waals surface area contributed by atoms with E-state index in [-0.39, 0.29) is 19.3 Å². The van der Waals surface area contributed by atoms with Gasteiger partial charge in [-0.05, 0) is 12.8 Å². The minimum Gasteiger partial charge on any atom is -0.375 e. The molecule has 0 N–H and O–H groups in total. The fourth-order valence-corrected chi connectivity index (χ4v) is 2.18. The van der Waals surface area contributed by atoms with Crippen molar-refractivity contribution in [2.24, 2.45) is 0 Å². The van der Waals surface area contributed by atoms with Gasteiger partial charge in [-0.3, -0.25) is 0 Å². The van der Waals surface area contributed by atoms with Gasteiger partial charge in [0.15, 0.2) is 0 Å². The lowest BCUT2D eigenvalue weighted by Gasteiger charge is -2.41. The van der Waals surface area contributed by atoms with Crippen LogP contribution in [0.4, 0.5) is 52.7 Å². The standard InChI is InChI=1S/C16H21F12O/c1-3-5-6-7-8-11(17,18)13(21,22)15(25,26)16(27,28)14(23,24)12(19,20)10-29-9-4-2/h2-10H2,1H3. The molecular weight excluding hydrogens is 436 g/mol. The lowest BCUT2D eigenvalue weighted by Crippen LogP contribution is -2.71. The first-order valence-corrected chi connectivity index (χ1v) is 8.51. The highest BCUT2D eigenvalue weighted by Crippen LogP contribution is 2.60. The number of halogens is 12. The third-order valence-electron chi connectivity index (χ3n) is 4.02. The highest BCUT2D eigenvalue weighted by Gasteiger charge is 2.89. The van der Waals surface area contributed by atoms with Gasteiger partial charge in [-0.2, -0.15) is 52.7 Å². The van der Waals surface area contributed by atoms with Crippen molar-refractivity contribution in [2.45, 2.75) is 81.0 Å². The second-order valence-electron chi connectivity index (χ2n) is 6.42. The Morgan fingerprint density at radius 3 is 1.48 bits per heavy atom. The number of ether oxygens (including phenoxy) is 1. The molecule has 0 fully saturated rings. The van der Waals surface area contributed by atoms with Crippen LogP contribution < -0.4 is 0 Å². The number of rotatable bonds is 14. The molecule has 29 heavy (non-hydrogen) atoms. The van der Waals surface area contributed by atoms with Gasteiger partial charge in [-0.25, -0.2) is 0 Å². The SMILES string of the molecule is [CH2]CCOCC(F)(F)C(F)(F)C(F)(F)C(F)(F)C(F)(F)C(F)(F)CCCCCC. The third kappa shape index (κ3) is 5.25. The van der Waals surface area contributed by atoms with Crippen molar-refractivity contribution in [1.29, 1.82) is 0 Å². The van der Waals surface area contributed by atoms with Crippen molar-refractivity contribution in [2.75, 3.05) is 13.2 Å². The Morgan fingerprint density at radius 1 is 0.621 bits per heavy atom. The van der Waals surface area contributed by atoms with E-state index >= 15 is 0 Å². The van der Waals surface area contributed by atoms with E-state index in [1.165, 1.54) is 0 Å². The zero-order valence-corrected chi connectivity index (χ0v) is 15.3. The normalized spacial score (nSPS) is 15.1. The monoisotopic (exact) mass is 457 g/mol. The molecule has 175 valence electrons. The van der Waals surface area contributed by atoms with Crippen LogP contribution in [0.1, 0.15) is 45.4 Å². The lowest BCUT2D eigenvalue weighted by molar-refractivity contribution is -0.427. The summed E-state index contributed by atoms with van der Waals surface area (Å²) in [5, 5.41) is 0. The molecule has 0 heterocycles. The van der Waals surface area contributed by atoms with Crippen LogP contribution in [0.15, 0.2) is 0 Å². The summed E-state index contributed by atoms with van der Waals surface area (Å²) in [6.45, 7) is 1.32. The molecule has 0 unspecified atom stereocenters. The first-order chi connectivity index (χ1) is 12.9. The predicted molar refractivity (Wildman–Crippen MR) is 79.2 cm³/mol. The van der Waals surface area contributed by atoms with Crippen LogP contribution in [0.2, 0.25) is 0 Å². The van der Waals surface area contributed by atoms with E-state index in [4.69, 9.17) is 0 Å². The van der Waals surface area contributed by atoms with Gasteiger partial charge in [0, 0.05) is 13.0 Å². The van der Waals surface area contributed by atoms with Gasteiger partial charge in [-0.1, -0.05) is 33.1 Å². The second-order valence-corrected chi connectivity index (χ2v) is 6.42. The number of hydrogen-bond donors (Lipinski definition) is 0. The van der Waals surface area contributed by atoms with Crippen LogP contribution in [0.5, 0.6) is 0 Å². The molecule has 1 radical (unpaired) electrons. The summed E-state index contributed by atoms with van der Waals surface area (Å²) < 4.78 is 166. The Bertz CT molecular complexity index is 504. The van der Waals surface area contributed by atoms with Gasteiger partial charge >= 0.3 is 35.5 Å². The van der Waals surface area contributed by atoms with Crippen LogP contribution >= 0.6 is 0 Å². The highest BCUT2D eigenvalue weighted by molar-refractivity contribution is 5.11. The molecule has 13 heteroatoms. The van der Waals surface area contributed by atoms with Gasteiger partial charge < -0.3 is 4.74 Å². The summed E-state index contributed by atoms with van der Waals surface area (Å²) in [6, 6.07) is 0. The largest absolute Gasteiger partial charge is 0.384 e. The molecule has 1 nitrogen and oxygen atoms in total. The fourth-order valence-electron chi connectivity index (χ4n) is 2.18. The molecule has 0 aromatic rings. The third-order valence-corrected chi connectivity index (χ3v) is 4.02. The maximum atomic E-state index is 13.6. The summed E-state index contributed by atoms with van der Waals surface area (Å²) in [5.74, 6) is -41.1. The molecule has 0 atom stereocenters. The number of alkyl halides is 12. The van der Waals surface area contributed by atoms with Crippen molar-refractivity contribution in [3.05, 3.63) is 6.92 Å². The van der Waals surface area contributed by atoms with E-state index in [0.717, 1.165) is 0 Å². The molecule has 0 saturated heterocycles. The van der Waals surface area contributed by atoms with E-state index in [0.29, 0.717) is 6.42 Å². The van der Waals surface area contributed by atoms with E-state index in [2.05, 4.69) is 11.7 Å². The van der Waals surface area contributed by atoms with Crippen molar-refractivity contribution in [1.82, 2.24) is 0 Å². The molecule has 0 amide bonds. The van der Waals surface area contributed by atoms with Gasteiger partial charge in [0.05, 0.1) is 0 Å². The van der Waals surface area contributed by atoms with Gasteiger partial charge in [-0.15, -0.1) is 0 Å². The van der Waals surface area contributed by atoms with Crippen LogP contribution in [0.25, 0.3) is 0 Å². The maximum Gasteiger partial charge on any atom is 0.384 e. The molecule has 0 aliphatic carbocycles. The molecule has 0 aromatic carbocycles. The molecular formula is C16H21F12O. The Balaban J connectivity index is 5.84. The first kappa shape index (κ1) is 28.1. The molecule has 0 aliphatic heterocycles.